The van der Waals surface area contributed by atoms with E-state index in [1.54, 1.807) is 0 Å². The molecule has 0 aromatic heterocycles. The highest BCUT2D eigenvalue weighted by molar-refractivity contribution is 5.83. The van der Waals surface area contributed by atoms with Gasteiger partial charge in [-0.2, -0.15) is 0 Å². The van der Waals surface area contributed by atoms with Crippen molar-refractivity contribution >= 4 is 11.9 Å². The summed E-state index contributed by atoms with van der Waals surface area (Å²) in [5.74, 6) is -1.95. The first-order valence-electron chi connectivity index (χ1n) is 3.27. The number of aliphatic hydroxyl groups is 2. The number of nitrogens with two attached hydrogens (primary N) is 1. The van der Waals surface area contributed by atoms with E-state index in [0.29, 0.717) is 0 Å². The molecule has 0 saturated carbocycles. The van der Waals surface area contributed by atoms with Gasteiger partial charge in [-0.15, -0.1) is 0 Å². The molecule has 2 atom stereocenters. The van der Waals surface area contributed by atoms with Crippen molar-refractivity contribution in [2.75, 3.05) is 6.61 Å². The number of amides is 1. The molecule has 0 aromatic carbocycles. The van der Waals surface area contributed by atoms with Gasteiger partial charge in [0.25, 0.3) is 5.91 Å². The van der Waals surface area contributed by atoms with Gasteiger partial charge in [-0.1, -0.05) is 0 Å². The Hall–Kier alpha value is -1.14. The van der Waals surface area contributed by atoms with Crippen molar-refractivity contribution in [3.63, 3.8) is 0 Å². The molecule has 0 rings (SSSR count). The van der Waals surface area contributed by atoms with Crippen LogP contribution in [-0.4, -0.2) is 40.9 Å². The van der Waals surface area contributed by atoms with Crippen molar-refractivity contribution in [2.24, 2.45) is 5.73 Å². The molecule has 0 aromatic rings. The third kappa shape index (κ3) is 3.31. The molecule has 0 bridgehead atoms. The van der Waals surface area contributed by atoms with Crippen molar-refractivity contribution in [2.45, 2.75) is 19.1 Å². The van der Waals surface area contributed by atoms with Crippen LogP contribution in [0.5, 0.6) is 0 Å². The fraction of sp³-hybridized carbons (Fsp3) is 0.667. The Balaban J connectivity index is 4.03. The van der Waals surface area contributed by atoms with Crippen molar-refractivity contribution in [3.8, 4) is 0 Å². The second-order valence-corrected chi connectivity index (χ2v) is 2.19. The number of esters is 1. The summed E-state index contributed by atoms with van der Waals surface area (Å²) in [5.41, 5.74) is 4.74. The normalized spacial score (nSPS) is 14.9. The molecule has 0 aliphatic heterocycles. The minimum atomic E-state index is -1.38. The van der Waals surface area contributed by atoms with Crippen LogP contribution in [0.1, 0.15) is 6.92 Å². The maximum Gasteiger partial charge on any atom is 0.335 e. The van der Waals surface area contributed by atoms with Crippen LogP contribution in [0.15, 0.2) is 0 Å². The first-order chi connectivity index (χ1) is 5.49. The Bertz CT molecular complexity index is 179. The van der Waals surface area contributed by atoms with Gasteiger partial charge >= 0.3 is 5.97 Å². The summed E-state index contributed by atoms with van der Waals surface area (Å²) in [7, 11) is 0. The average Bonchev–Trinajstić information content (AvgIpc) is 1.98. The molecule has 2 unspecified atom stereocenters. The van der Waals surface area contributed by atoms with E-state index in [4.69, 9.17) is 15.9 Å². The van der Waals surface area contributed by atoms with Gasteiger partial charge < -0.3 is 20.7 Å². The number of rotatable bonds is 4. The highest BCUT2D eigenvalue weighted by Gasteiger charge is 2.21. The Kier molecular flexibility index (Phi) is 4.24. The van der Waals surface area contributed by atoms with E-state index in [0.717, 1.165) is 0 Å². The summed E-state index contributed by atoms with van der Waals surface area (Å²) in [6.45, 7) is 0.492. The minimum absolute atomic E-state index is 0.687. The third-order valence-corrected chi connectivity index (χ3v) is 1.08. The zero-order valence-corrected chi connectivity index (χ0v) is 6.56. The monoisotopic (exact) mass is 177 g/mol. The van der Waals surface area contributed by atoms with Crippen LogP contribution in [0.25, 0.3) is 0 Å². The smallest absolute Gasteiger partial charge is 0.335 e. The van der Waals surface area contributed by atoms with E-state index in [1.807, 2.05) is 0 Å². The predicted molar refractivity (Wildman–Crippen MR) is 37.8 cm³/mol. The largest absolute Gasteiger partial charge is 0.448 e. The van der Waals surface area contributed by atoms with E-state index in [-0.39, 0.29) is 0 Å². The van der Waals surface area contributed by atoms with Crippen molar-refractivity contribution < 1.29 is 24.5 Å². The number of ether oxygens (including phenoxy) is 1. The first kappa shape index (κ1) is 10.9. The van der Waals surface area contributed by atoms with Gasteiger partial charge in [0.05, 0.1) is 6.61 Å². The maximum absolute atomic E-state index is 10.6. The lowest BCUT2D eigenvalue weighted by Crippen LogP contribution is -2.38. The van der Waals surface area contributed by atoms with Gasteiger partial charge in [-0.3, -0.25) is 4.79 Å². The zero-order chi connectivity index (χ0) is 9.72. The molecule has 0 saturated heterocycles. The van der Waals surface area contributed by atoms with Gasteiger partial charge in [-0.05, 0) is 6.92 Å². The van der Waals surface area contributed by atoms with Crippen LogP contribution >= 0.6 is 0 Å². The quantitative estimate of drug-likeness (QED) is 0.420. The SMILES string of the molecule is CC(O)C(=O)OC(CO)C(N)=O. The van der Waals surface area contributed by atoms with Crippen LogP contribution in [0.2, 0.25) is 0 Å². The van der Waals surface area contributed by atoms with Crippen molar-refractivity contribution in [3.05, 3.63) is 0 Å². The standard InChI is InChI=1S/C6H11NO5/c1-3(9)6(11)12-4(2-8)5(7)10/h3-4,8-9H,2H2,1H3,(H2,7,10). The molecule has 4 N–H and O–H groups in total. The fourth-order valence-electron chi connectivity index (χ4n) is 0.424. The Labute approximate surface area is 68.9 Å². The van der Waals surface area contributed by atoms with Crippen LogP contribution in [0.3, 0.4) is 0 Å². The lowest BCUT2D eigenvalue weighted by molar-refractivity contribution is -0.164. The molecular weight excluding hydrogens is 166 g/mol. The summed E-state index contributed by atoms with van der Waals surface area (Å²) < 4.78 is 4.31. The second-order valence-electron chi connectivity index (χ2n) is 2.19. The van der Waals surface area contributed by atoms with Crippen molar-refractivity contribution in [1.82, 2.24) is 0 Å². The first-order valence-corrected chi connectivity index (χ1v) is 3.27. The zero-order valence-electron chi connectivity index (χ0n) is 6.56. The Morgan fingerprint density at radius 2 is 2.08 bits per heavy atom. The summed E-state index contributed by atoms with van der Waals surface area (Å²) >= 11 is 0. The van der Waals surface area contributed by atoms with Crippen LogP contribution in [0, 0.1) is 0 Å². The molecule has 0 heterocycles. The average molecular weight is 177 g/mol. The highest BCUT2D eigenvalue weighted by atomic mass is 16.6. The molecule has 6 nitrogen and oxygen atoms in total. The van der Waals surface area contributed by atoms with Crippen molar-refractivity contribution in [1.29, 1.82) is 0 Å². The molecule has 1 amide bonds. The van der Waals surface area contributed by atoms with E-state index in [1.165, 1.54) is 6.92 Å². The van der Waals surface area contributed by atoms with Gasteiger partial charge in [0, 0.05) is 0 Å². The predicted octanol–water partition coefficient (Wildman–Crippen LogP) is -2.24. The minimum Gasteiger partial charge on any atom is -0.448 e. The molecule has 70 valence electrons. The summed E-state index contributed by atoms with van der Waals surface area (Å²) in [6, 6.07) is 0. The number of hydrogen-bond donors (Lipinski definition) is 3. The van der Waals surface area contributed by atoms with E-state index >= 15 is 0 Å². The van der Waals surface area contributed by atoms with E-state index in [2.05, 4.69) is 4.74 Å². The van der Waals surface area contributed by atoms with Crippen LogP contribution in [0.4, 0.5) is 0 Å². The van der Waals surface area contributed by atoms with E-state index in [9.17, 15) is 9.59 Å². The highest BCUT2D eigenvalue weighted by Crippen LogP contribution is 1.94. The van der Waals surface area contributed by atoms with Gasteiger partial charge in [0.1, 0.15) is 6.10 Å². The fourth-order valence-corrected chi connectivity index (χ4v) is 0.424. The van der Waals surface area contributed by atoms with Gasteiger partial charge in [0.15, 0.2) is 0 Å². The lowest BCUT2D eigenvalue weighted by atomic mass is 10.3. The molecule has 0 radical (unpaired) electrons. The van der Waals surface area contributed by atoms with Crippen LogP contribution < -0.4 is 5.73 Å². The molecule has 0 fully saturated rings. The number of hydrogen-bond acceptors (Lipinski definition) is 5. The second kappa shape index (κ2) is 4.68. The molecule has 6 heteroatoms. The number of carbonyl (C=O) groups excluding carboxylic acids is 2. The van der Waals surface area contributed by atoms with Gasteiger partial charge in [-0.25, -0.2) is 4.79 Å². The van der Waals surface area contributed by atoms with Gasteiger partial charge in [0.2, 0.25) is 6.10 Å². The summed E-state index contributed by atoms with van der Waals surface area (Å²) in [6.07, 6.45) is -2.72. The summed E-state index contributed by atoms with van der Waals surface area (Å²) in [5, 5.41) is 17.1. The Morgan fingerprint density at radius 1 is 1.58 bits per heavy atom. The van der Waals surface area contributed by atoms with Crippen LogP contribution in [-0.2, 0) is 14.3 Å². The number of carbonyl (C=O) groups is 2. The lowest BCUT2D eigenvalue weighted by Gasteiger charge is -2.12. The topological polar surface area (TPSA) is 110 Å². The molecule has 12 heavy (non-hydrogen) atoms. The maximum atomic E-state index is 10.6. The number of primary amides is 1. The Morgan fingerprint density at radius 3 is 2.33 bits per heavy atom. The molecule has 0 spiro atoms. The molecule has 0 aliphatic carbocycles. The number of aliphatic hydroxyl groups excluding tert-OH is 2. The molecule has 0 aliphatic rings. The third-order valence-electron chi connectivity index (χ3n) is 1.08. The summed E-state index contributed by atoms with van der Waals surface area (Å²) in [4.78, 5) is 21.0. The van der Waals surface area contributed by atoms with E-state index < -0.39 is 30.7 Å². The molecular formula is C6H11NO5.